The topological polar surface area (TPSA) is 37.4 Å². The van der Waals surface area contributed by atoms with Gasteiger partial charge in [-0.05, 0) is 47.5 Å². The average molecular weight is 389 g/mol. The molecule has 0 bridgehead atoms. The largest absolute Gasteiger partial charge is 0.334 e. The summed E-state index contributed by atoms with van der Waals surface area (Å²) in [5.74, 6) is -4.84. The highest BCUT2D eigenvalue weighted by molar-refractivity contribution is 6.15. The minimum absolute atomic E-state index is 0.00226. The van der Waals surface area contributed by atoms with E-state index in [1.165, 1.54) is 36.1 Å². The summed E-state index contributed by atoms with van der Waals surface area (Å²) in [7, 11) is 0. The number of halogens is 4. The Bertz CT molecular complexity index is 954. The molecule has 0 aliphatic carbocycles. The number of hydrogen-bond acceptors (Lipinski definition) is 2. The number of hydrogen-bond donors (Lipinski definition) is 0. The first-order valence-corrected chi connectivity index (χ1v) is 8.36. The van der Waals surface area contributed by atoms with Gasteiger partial charge in [0.25, 0.3) is 0 Å². The Morgan fingerprint density at radius 3 is 1.61 bits per heavy atom. The van der Waals surface area contributed by atoms with Crippen molar-refractivity contribution in [3.8, 4) is 0 Å². The second kappa shape index (κ2) is 7.80. The molecule has 0 radical (unpaired) electrons. The molecule has 0 saturated carbocycles. The van der Waals surface area contributed by atoms with E-state index in [2.05, 4.69) is 0 Å². The molecule has 7 heteroatoms. The number of likely N-dealkylation sites (tertiary alicyclic amines) is 1. The van der Waals surface area contributed by atoms with E-state index in [0.29, 0.717) is 0 Å². The van der Waals surface area contributed by atoms with Gasteiger partial charge in [-0.15, -0.1) is 0 Å². The van der Waals surface area contributed by atoms with Crippen molar-refractivity contribution in [2.75, 3.05) is 13.1 Å². The SMILES string of the molecule is CC(=O)N1CC(=Cc2ccc(F)c(F)c2)C(=O)C(=Cc2ccc(F)c(F)c2)C1. The number of carbonyl (C=O) groups is 2. The molecule has 3 rings (SSSR count). The van der Waals surface area contributed by atoms with Crippen LogP contribution < -0.4 is 0 Å². The normalized spacial score (nSPS) is 17.5. The number of piperidine rings is 1. The molecule has 0 N–H and O–H groups in total. The number of amides is 1. The molecular formula is C21H15F4NO2. The molecule has 1 fully saturated rings. The molecule has 2 aromatic carbocycles. The zero-order valence-electron chi connectivity index (χ0n) is 14.8. The molecule has 1 heterocycles. The van der Waals surface area contributed by atoms with Crippen molar-refractivity contribution in [1.82, 2.24) is 4.90 Å². The Morgan fingerprint density at radius 2 is 1.25 bits per heavy atom. The lowest BCUT2D eigenvalue weighted by Crippen LogP contribution is -2.40. The van der Waals surface area contributed by atoms with Crippen molar-refractivity contribution in [1.29, 1.82) is 0 Å². The molecule has 28 heavy (non-hydrogen) atoms. The monoisotopic (exact) mass is 389 g/mol. The standard InChI is InChI=1S/C21H15F4NO2/c1-12(27)26-10-15(6-13-2-4-17(22)19(24)8-13)21(28)16(11-26)7-14-3-5-18(23)20(25)9-14/h2-9H,10-11H2,1H3. The van der Waals surface area contributed by atoms with Gasteiger partial charge in [-0.1, -0.05) is 12.1 Å². The van der Waals surface area contributed by atoms with Crippen LogP contribution >= 0.6 is 0 Å². The second-order valence-electron chi connectivity index (χ2n) is 6.39. The van der Waals surface area contributed by atoms with Crippen LogP contribution in [0.5, 0.6) is 0 Å². The lowest BCUT2D eigenvalue weighted by Gasteiger charge is -2.29. The summed E-state index contributed by atoms with van der Waals surface area (Å²) in [5, 5.41) is 0. The van der Waals surface area contributed by atoms with Gasteiger partial charge in [0.1, 0.15) is 0 Å². The first-order valence-electron chi connectivity index (χ1n) is 8.36. The summed E-state index contributed by atoms with van der Waals surface area (Å²) in [5.41, 5.74) is 0.919. The van der Waals surface area contributed by atoms with Crippen molar-refractivity contribution in [2.45, 2.75) is 6.92 Å². The maximum absolute atomic E-state index is 13.4. The summed E-state index contributed by atoms with van der Waals surface area (Å²) >= 11 is 0. The van der Waals surface area contributed by atoms with Gasteiger partial charge < -0.3 is 4.90 Å². The molecule has 1 aliphatic heterocycles. The van der Waals surface area contributed by atoms with E-state index in [1.54, 1.807) is 0 Å². The number of ketones is 1. The number of rotatable bonds is 2. The number of Topliss-reactive ketones (excluding diaryl/α,β-unsaturated/α-hetero) is 1. The van der Waals surface area contributed by atoms with Crippen LogP contribution in [0.2, 0.25) is 0 Å². The molecule has 2 aromatic rings. The molecule has 0 atom stereocenters. The zero-order chi connectivity index (χ0) is 20.4. The molecule has 144 valence electrons. The van der Waals surface area contributed by atoms with Gasteiger partial charge in [0.15, 0.2) is 29.1 Å². The third kappa shape index (κ3) is 4.19. The molecule has 1 amide bonds. The highest BCUT2D eigenvalue weighted by Crippen LogP contribution is 2.23. The van der Waals surface area contributed by atoms with Crippen molar-refractivity contribution < 1.29 is 27.2 Å². The number of carbonyl (C=O) groups excluding carboxylic acids is 2. The van der Waals surface area contributed by atoms with Gasteiger partial charge in [0.05, 0.1) is 0 Å². The van der Waals surface area contributed by atoms with E-state index in [0.717, 1.165) is 24.3 Å². The van der Waals surface area contributed by atoms with Crippen molar-refractivity contribution in [3.63, 3.8) is 0 Å². The second-order valence-corrected chi connectivity index (χ2v) is 6.39. The van der Waals surface area contributed by atoms with Crippen LogP contribution in [0.25, 0.3) is 12.2 Å². The summed E-state index contributed by atoms with van der Waals surface area (Å²) < 4.78 is 53.1. The smallest absolute Gasteiger partial charge is 0.220 e. The van der Waals surface area contributed by atoms with Crippen LogP contribution in [0.15, 0.2) is 47.5 Å². The fraction of sp³-hybridized carbons (Fsp3) is 0.143. The fourth-order valence-corrected chi connectivity index (χ4v) is 2.87. The van der Waals surface area contributed by atoms with Crippen molar-refractivity contribution in [2.24, 2.45) is 0 Å². The van der Waals surface area contributed by atoms with E-state index < -0.39 is 29.1 Å². The van der Waals surface area contributed by atoms with E-state index in [9.17, 15) is 27.2 Å². The van der Waals surface area contributed by atoms with E-state index in [4.69, 9.17) is 0 Å². The first-order chi connectivity index (χ1) is 13.2. The molecule has 1 aliphatic rings. The highest BCUT2D eigenvalue weighted by atomic mass is 19.2. The maximum atomic E-state index is 13.4. The van der Waals surface area contributed by atoms with Crippen LogP contribution in [-0.2, 0) is 9.59 Å². The summed E-state index contributed by atoms with van der Waals surface area (Å²) in [6.07, 6.45) is 2.75. The van der Waals surface area contributed by atoms with E-state index in [-0.39, 0.29) is 41.3 Å². The van der Waals surface area contributed by atoms with Gasteiger partial charge in [0, 0.05) is 31.2 Å². The van der Waals surface area contributed by atoms with Crippen LogP contribution in [0.4, 0.5) is 17.6 Å². The van der Waals surface area contributed by atoms with Gasteiger partial charge in [-0.3, -0.25) is 9.59 Å². The quantitative estimate of drug-likeness (QED) is 0.572. The average Bonchev–Trinajstić information content (AvgIpc) is 2.64. The predicted octanol–water partition coefficient (Wildman–Crippen LogP) is 4.14. The van der Waals surface area contributed by atoms with E-state index in [1.807, 2.05) is 0 Å². The number of nitrogens with zero attached hydrogens (tertiary/aromatic N) is 1. The molecule has 0 spiro atoms. The summed E-state index contributed by atoms with van der Waals surface area (Å²) in [6, 6.07) is 6.39. The van der Waals surface area contributed by atoms with Crippen molar-refractivity contribution in [3.05, 3.63) is 81.9 Å². The summed E-state index contributed by atoms with van der Waals surface area (Å²) in [4.78, 5) is 26.0. The Morgan fingerprint density at radius 1 is 0.821 bits per heavy atom. The Hall–Kier alpha value is -3.22. The minimum atomic E-state index is -1.06. The Balaban J connectivity index is 2.01. The van der Waals surface area contributed by atoms with Gasteiger partial charge in [-0.25, -0.2) is 17.6 Å². The predicted molar refractivity (Wildman–Crippen MR) is 95.9 cm³/mol. The van der Waals surface area contributed by atoms with Crippen LogP contribution in [0.3, 0.4) is 0 Å². The molecule has 1 saturated heterocycles. The lowest BCUT2D eigenvalue weighted by atomic mass is 9.94. The van der Waals surface area contributed by atoms with Crippen molar-refractivity contribution >= 4 is 23.8 Å². The number of benzene rings is 2. The molecule has 0 aromatic heterocycles. The van der Waals surface area contributed by atoms with Crippen LogP contribution in [0, 0.1) is 23.3 Å². The van der Waals surface area contributed by atoms with Gasteiger partial charge in [-0.2, -0.15) is 0 Å². The zero-order valence-corrected chi connectivity index (χ0v) is 14.8. The highest BCUT2D eigenvalue weighted by Gasteiger charge is 2.27. The molecule has 0 unspecified atom stereocenters. The third-order valence-electron chi connectivity index (χ3n) is 4.32. The molecule has 3 nitrogen and oxygen atoms in total. The minimum Gasteiger partial charge on any atom is -0.334 e. The Labute approximate surface area is 158 Å². The van der Waals surface area contributed by atoms with Gasteiger partial charge >= 0.3 is 0 Å². The third-order valence-corrected chi connectivity index (χ3v) is 4.32. The molecular weight excluding hydrogens is 374 g/mol. The van der Waals surface area contributed by atoms with Gasteiger partial charge in [0.2, 0.25) is 5.91 Å². The summed E-state index contributed by atoms with van der Waals surface area (Å²) in [6.45, 7) is 1.34. The first kappa shape index (κ1) is 19.5. The fourth-order valence-electron chi connectivity index (χ4n) is 2.87. The van der Waals surface area contributed by atoms with Crippen LogP contribution in [0.1, 0.15) is 18.1 Å². The lowest BCUT2D eigenvalue weighted by molar-refractivity contribution is -0.129. The van der Waals surface area contributed by atoms with E-state index >= 15 is 0 Å². The maximum Gasteiger partial charge on any atom is 0.220 e. The Kier molecular flexibility index (Phi) is 5.44. The van der Waals surface area contributed by atoms with Crippen LogP contribution in [-0.4, -0.2) is 29.7 Å².